The van der Waals surface area contributed by atoms with Crippen molar-refractivity contribution in [1.82, 2.24) is 9.55 Å². The van der Waals surface area contributed by atoms with Crippen molar-refractivity contribution < 1.29 is 46.1 Å². The first-order valence-electron chi connectivity index (χ1n) is 13.8. The third-order valence-corrected chi connectivity index (χ3v) is 9.45. The number of ether oxygens (including phenoxy) is 4. The van der Waals surface area contributed by atoms with Crippen LogP contribution in [0.25, 0.3) is 0 Å². The maximum atomic E-state index is 14.9. The van der Waals surface area contributed by atoms with Gasteiger partial charge in [0, 0.05) is 6.20 Å². The lowest BCUT2D eigenvalue weighted by atomic mass is 10.00. The van der Waals surface area contributed by atoms with Crippen molar-refractivity contribution in [3.8, 4) is 0 Å². The van der Waals surface area contributed by atoms with Gasteiger partial charge in [0.15, 0.2) is 5.01 Å². The van der Waals surface area contributed by atoms with Crippen LogP contribution in [0.3, 0.4) is 0 Å². The maximum absolute atomic E-state index is 14.9. The third kappa shape index (κ3) is 7.29. The highest BCUT2D eigenvalue weighted by atomic mass is 79.9. The highest BCUT2D eigenvalue weighted by molar-refractivity contribution is 9.09. The molecule has 3 heterocycles. The summed E-state index contributed by atoms with van der Waals surface area (Å²) in [5, 5.41) is -1.34. The molecule has 2 saturated heterocycles. The van der Waals surface area contributed by atoms with E-state index in [1.807, 2.05) is 0 Å². The summed E-state index contributed by atoms with van der Waals surface area (Å²) in [7, 11) is 0. The summed E-state index contributed by atoms with van der Waals surface area (Å²) >= 11 is 5.63. The Morgan fingerprint density at radius 2 is 1.39 bits per heavy atom. The van der Waals surface area contributed by atoms with Crippen molar-refractivity contribution in [1.29, 1.82) is 0 Å². The number of anilines is 1. The highest BCUT2D eigenvalue weighted by Gasteiger charge is 2.68. The highest BCUT2D eigenvalue weighted by Crippen LogP contribution is 2.54. The molecule has 2 fully saturated rings. The van der Waals surface area contributed by atoms with Crippen molar-refractivity contribution in [2.45, 2.75) is 47.5 Å². The number of benzene rings is 2. The fourth-order valence-corrected chi connectivity index (χ4v) is 6.12. The number of nitrogens with zero attached hydrogens (tertiary/aromatic N) is 2. The molecule has 0 saturated carbocycles. The molecule has 1 aromatic heterocycles. The number of esters is 2. The van der Waals surface area contributed by atoms with Gasteiger partial charge in [0.05, 0.1) is 23.0 Å². The second-order valence-corrected chi connectivity index (χ2v) is 12.4. The molecule has 2 aliphatic rings. The van der Waals surface area contributed by atoms with Gasteiger partial charge in [0.1, 0.15) is 31.2 Å². The molecule has 3 aromatic rings. The maximum Gasteiger partial charge on any atom is 0.352 e. The van der Waals surface area contributed by atoms with Gasteiger partial charge < -0.3 is 24.7 Å². The van der Waals surface area contributed by atoms with Crippen LogP contribution in [-0.4, -0.2) is 63.8 Å². The Morgan fingerprint density at radius 1 is 0.891 bits per heavy atom. The summed E-state index contributed by atoms with van der Waals surface area (Å²) in [4.78, 5) is 39.2. The van der Waals surface area contributed by atoms with Crippen LogP contribution in [0, 0.1) is 11.8 Å². The summed E-state index contributed by atoms with van der Waals surface area (Å²) in [5.74, 6) is -10.1. The second-order valence-electron chi connectivity index (χ2n) is 10.5. The number of hydrogen-bond donors (Lipinski definition) is 1. The molecule has 0 bridgehead atoms. The van der Waals surface area contributed by atoms with Crippen molar-refractivity contribution in [3.05, 3.63) is 94.5 Å². The van der Waals surface area contributed by atoms with Gasteiger partial charge in [-0.2, -0.15) is 13.8 Å². The SMILES string of the molecule is CC1[C@@H](COC(=O)c2ccccc2)O[C@@](Br)(n2ccc(N)nc2=O)C1(F)F.CC1[C@@H](COC(=O)c2ccccc2)O[C@H](Br)C1(F)F. The first kappa shape index (κ1) is 35.5. The van der Waals surface area contributed by atoms with Crippen molar-refractivity contribution >= 4 is 49.6 Å². The normalized spacial score (nSPS) is 27.7. The van der Waals surface area contributed by atoms with E-state index in [4.69, 9.17) is 24.7 Å². The fourth-order valence-electron chi connectivity index (χ4n) is 4.56. The van der Waals surface area contributed by atoms with E-state index >= 15 is 0 Å². The summed E-state index contributed by atoms with van der Waals surface area (Å²) in [6.07, 6.45) is -0.901. The average Bonchev–Trinajstić information content (AvgIpc) is 3.34. The summed E-state index contributed by atoms with van der Waals surface area (Å²) in [6, 6.07) is 17.7. The van der Waals surface area contributed by atoms with Crippen LogP contribution in [0.2, 0.25) is 0 Å². The minimum atomic E-state index is -3.50. The quantitative estimate of drug-likeness (QED) is 0.185. The number of rotatable bonds is 7. The molecule has 2 aliphatic heterocycles. The van der Waals surface area contributed by atoms with Crippen molar-refractivity contribution in [3.63, 3.8) is 0 Å². The predicted octanol–water partition coefficient (Wildman–Crippen LogP) is 5.59. The van der Waals surface area contributed by atoms with E-state index in [9.17, 15) is 31.9 Å². The van der Waals surface area contributed by atoms with Gasteiger partial charge in [0.25, 0.3) is 10.6 Å². The number of carbonyl (C=O) groups excluding carboxylic acids is 2. The molecule has 0 spiro atoms. The van der Waals surface area contributed by atoms with E-state index < -0.39 is 69.8 Å². The standard InChI is InChI=1S/C17H16BrF2N3O4.C13H13BrF2O3/c1-10-12(9-26-14(24)11-5-3-2-4-6-11)27-17(18,16(10,19)20)23-8-7-13(21)22-15(23)25;1-8-10(19-12(14)13(8,15)16)7-18-11(17)9-5-3-2-4-6-9/h2-8,10,12H,9H2,1H3,(H2,21,22,25);2-6,8,10,12H,7H2,1H3/t10?,12-,17+;8?,10-,12+/m11/s1. The smallest absolute Gasteiger partial charge is 0.352 e. The molecule has 46 heavy (non-hydrogen) atoms. The topological polar surface area (TPSA) is 132 Å². The van der Waals surface area contributed by atoms with E-state index in [-0.39, 0.29) is 12.4 Å². The van der Waals surface area contributed by atoms with E-state index in [1.54, 1.807) is 60.7 Å². The zero-order valence-electron chi connectivity index (χ0n) is 24.3. The summed E-state index contributed by atoms with van der Waals surface area (Å²) in [5.41, 5.74) is 5.08. The average molecular weight is 779 g/mol. The number of carbonyl (C=O) groups is 2. The van der Waals surface area contributed by atoms with Crippen LogP contribution >= 0.6 is 31.9 Å². The summed E-state index contributed by atoms with van der Waals surface area (Å²) in [6.45, 7) is 2.03. The Hall–Kier alpha value is -3.34. The van der Waals surface area contributed by atoms with Crippen molar-refractivity contribution in [2.24, 2.45) is 11.8 Å². The number of halogens is 6. The molecule has 6 atom stereocenters. The minimum Gasteiger partial charge on any atom is -0.459 e. The van der Waals surface area contributed by atoms with Crippen LogP contribution < -0.4 is 11.4 Å². The molecule has 0 radical (unpaired) electrons. The first-order valence-corrected chi connectivity index (χ1v) is 15.5. The van der Waals surface area contributed by atoms with Gasteiger partial charge in [0.2, 0.25) is 0 Å². The van der Waals surface area contributed by atoms with Crippen LogP contribution in [0.1, 0.15) is 34.6 Å². The van der Waals surface area contributed by atoms with Crippen LogP contribution in [0.5, 0.6) is 0 Å². The molecule has 0 amide bonds. The lowest BCUT2D eigenvalue weighted by Gasteiger charge is -2.30. The summed E-state index contributed by atoms with van der Waals surface area (Å²) < 4.78 is 75.6. The Bertz CT molecular complexity index is 1590. The van der Waals surface area contributed by atoms with Gasteiger partial charge in [-0.1, -0.05) is 66.2 Å². The number of nitrogen functional groups attached to an aromatic ring is 1. The minimum absolute atomic E-state index is 0.102. The molecule has 0 aliphatic carbocycles. The fraction of sp³-hybridized carbons (Fsp3) is 0.400. The first-order chi connectivity index (χ1) is 21.6. The molecule has 2 N–H and O–H groups in total. The second kappa shape index (κ2) is 14.2. The molecule has 16 heteroatoms. The van der Waals surface area contributed by atoms with Gasteiger partial charge in [-0.05, 0) is 46.3 Å². The Kier molecular flexibility index (Phi) is 11.0. The lowest BCUT2D eigenvalue weighted by Crippen LogP contribution is -2.49. The Labute approximate surface area is 277 Å². The van der Waals surface area contributed by atoms with E-state index in [2.05, 4.69) is 36.8 Å². The van der Waals surface area contributed by atoms with E-state index in [0.29, 0.717) is 15.7 Å². The van der Waals surface area contributed by atoms with Gasteiger partial charge in [-0.25, -0.2) is 23.2 Å². The molecule has 2 unspecified atom stereocenters. The van der Waals surface area contributed by atoms with E-state index in [1.165, 1.54) is 19.9 Å². The predicted molar refractivity (Wildman–Crippen MR) is 164 cm³/mol. The van der Waals surface area contributed by atoms with Crippen molar-refractivity contribution in [2.75, 3.05) is 18.9 Å². The van der Waals surface area contributed by atoms with E-state index in [0.717, 1.165) is 6.20 Å². The molecular formula is C30H29Br2F4N3O7. The largest absolute Gasteiger partial charge is 0.459 e. The number of alkyl halides is 6. The molecular weight excluding hydrogens is 750 g/mol. The zero-order valence-corrected chi connectivity index (χ0v) is 27.5. The monoisotopic (exact) mass is 777 g/mol. The number of nitrogens with two attached hydrogens (primary N) is 1. The number of hydrogen-bond acceptors (Lipinski definition) is 9. The molecule has 248 valence electrons. The van der Waals surface area contributed by atoms with Gasteiger partial charge in [-0.15, -0.1) is 0 Å². The van der Waals surface area contributed by atoms with Gasteiger partial charge >= 0.3 is 23.6 Å². The zero-order chi connectivity index (χ0) is 33.9. The van der Waals surface area contributed by atoms with Gasteiger partial charge in [-0.3, -0.25) is 4.57 Å². The molecule has 2 aromatic carbocycles. The van der Waals surface area contributed by atoms with Crippen LogP contribution in [-0.2, 0) is 23.6 Å². The Balaban J connectivity index is 0.000000222. The van der Waals surface area contributed by atoms with Crippen LogP contribution in [0.15, 0.2) is 77.7 Å². The molecule has 5 rings (SSSR count). The molecule has 10 nitrogen and oxygen atoms in total. The lowest BCUT2D eigenvalue weighted by molar-refractivity contribution is -0.148. The number of aromatic nitrogens is 2. The van der Waals surface area contributed by atoms with Crippen LogP contribution in [0.4, 0.5) is 23.4 Å². The Morgan fingerprint density at radius 3 is 1.85 bits per heavy atom. The third-order valence-electron chi connectivity index (χ3n) is 7.52.